The van der Waals surface area contributed by atoms with Crippen LogP contribution in [0.1, 0.15) is 70.3 Å². The summed E-state index contributed by atoms with van der Waals surface area (Å²) in [6, 6.07) is 11.2. The van der Waals surface area contributed by atoms with Gasteiger partial charge in [0.1, 0.15) is 16.9 Å². The first-order valence-electron chi connectivity index (χ1n) is 16.8. The van der Waals surface area contributed by atoms with E-state index in [4.69, 9.17) is 9.72 Å². The van der Waals surface area contributed by atoms with Gasteiger partial charge in [-0.05, 0) is 76.1 Å². The molecule has 1 saturated carbocycles. The summed E-state index contributed by atoms with van der Waals surface area (Å²) in [6.45, 7) is 12.1. The van der Waals surface area contributed by atoms with Crippen LogP contribution in [0.3, 0.4) is 0 Å². The van der Waals surface area contributed by atoms with Crippen molar-refractivity contribution in [1.82, 2.24) is 24.3 Å². The quantitative estimate of drug-likeness (QED) is 0.261. The summed E-state index contributed by atoms with van der Waals surface area (Å²) in [5.74, 6) is 0.338. The summed E-state index contributed by atoms with van der Waals surface area (Å²) in [7, 11) is 1.83. The fourth-order valence-electron chi connectivity index (χ4n) is 8.13. The summed E-state index contributed by atoms with van der Waals surface area (Å²) >= 11 is 0. The Hall–Kier alpha value is -4.12. The molecule has 10 nitrogen and oxygen atoms in total. The molecule has 4 heterocycles. The van der Waals surface area contributed by atoms with Crippen LogP contribution in [0.15, 0.2) is 36.4 Å². The number of piperidine rings is 1. The van der Waals surface area contributed by atoms with Gasteiger partial charge < -0.3 is 34.1 Å². The number of aliphatic hydroxyl groups excluding tert-OH is 1. The third kappa shape index (κ3) is 5.32. The number of likely N-dealkylation sites (tertiary alicyclic amines) is 1. The van der Waals surface area contributed by atoms with Crippen LogP contribution in [-0.2, 0) is 11.8 Å². The molecule has 47 heavy (non-hydrogen) atoms. The molecule has 2 bridgehead atoms. The fourth-order valence-corrected chi connectivity index (χ4v) is 8.13. The van der Waals surface area contributed by atoms with Gasteiger partial charge in [-0.2, -0.15) is 0 Å². The largest absolute Gasteiger partial charge is 0.444 e. The van der Waals surface area contributed by atoms with Crippen LogP contribution < -0.4 is 10.2 Å². The summed E-state index contributed by atoms with van der Waals surface area (Å²) in [5, 5.41) is 13.6. The number of nitrogens with zero attached hydrogens (tertiary/aromatic N) is 5. The van der Waals surface area contributed by atoms with Gasteiger partial charge in [-0.25, -0.2) is 14.2 Å². The molecule has 0 radical (unpaired) electrons. The summed E-state index contributed by atoms with van der Waals surface area (Å²) < 4.78 is 25.6. The van der Waals surface area contributed by atoms with Gasteiger partial charge in [-0.15, -0.1) is 0 Å². The molecule has 2 aliphatic heterocycles. The fraction of sp³-hybridized carbons (Fsp3) is 0.528. The standard InChI is InChI=1S/C36H45FN6O4/c1-20(2)29-19-41(13-8-14-44)27-10-7-9-21-17-28(43(29)31(21)27)33-38-25-16-23(15-24(37)32(25)40(33)6)34(45)42-18-22-11-12-26(42)30(22)39-35(46)47-36(3,4)5/h7,9-10,15-17,20,22,26,29-30,44H,8,11-14,18-19H2,1-6H3,(H,39,46)/t22-,26-,29?,30-/m1/s1. The molecule has 4 atom stereocenters. The number of ether oxygens (including phenoxy) is 1. The van der Waals surface area contributed by atoms with E-state index in [2.05, 4.69) is 52.9 Å². The van der Waals surface area contributed by atoms with Crippen LogP contribution in [0.25, 0.3) is 33.5 Å². The number of aliphatic hydroxyl groups is 1. The predicted molar refractivity (Wildman–Crippen MR) is 180 cm³/mol. The van der Waals surface area contributed by atoms with Crippen LogP contribution in [0.5, 0.6) is 0 Å². The van der Waals surface area contributed by atoms with Crippen molar-refractivity contribution in [3.8, 4) is 11.5 Å². The molecule has 2 aromatic heterocycles. The molecule has 2 aromatic carbocycles. The van der Waals surface area contributed by atoms with E-state index in [1.807, 2.05) is 27.8 Å². The molecule has 2 amide bonds. The number of alkyl carbamates (subject to hydrolysis) is 1. The summed E-state index contributed by atoms with van der Waals surface area (Å²) in [6.07, 6.45) is 1.90. The Morgan fingerprint density at radius 1 is 1.13 bits per heavy atom. The Bertz CT molecular complexity index is 1870. The van der Waals surface area contributed by atoms with E-state index in [1.54, 1.807) is 15.5 Å². The number of fused-ring (bicyclic) bond motifs is 3. The number of nitrogens with one attached hydrogen (secondary N) is 1. The molecule has 4 aromatic rings. The highest BCUT2D eigenvalue weighted by Crippen LogP contribution is 2.43. The Labute approximate surface area is 274 Å². The van der Waals surface area contributed by atoms with Crippen molar-refractivity contribution in [2.75, 3.05) is 31.1 Å². The number of aromatic nitrogens is 3. The second-order valence-electron chi connectivity index (χ2n) is 14.8. The number of anilines is 1. The van der Waals surface area contributed by atoms with E-state index in [1.165, 1.54) is 6.07 Å². The molecule has 7 rings (SSSR count). The molecular weight excluding hydrogens is 599 g/mol. The second kappa shape index (κ2) is 11.5. The lowest BCUT2D eigenvalue weighted by molar-refractivity contribution is 0.0485. The first-order chi connectivity index (χ1) is 22.4. The number of imidazole rings is 1. The van der Waals surface area contributed by atoms with E-state index in [0.29, 0.717) is 35.7 Å². The lowest BCUT2D eigenvalue weighted by Gasteiger charge is -2.39. The van der Waals surface area contributed by atoms with Crippen LogP contribution in [0.2, 0.25) is 0 Å². The maximum absolute atomic E-state index is 16.0. The number of carbonyl (C=O) groups is 2. The van der Waals surface area contributed by atoms with E-state index < -0.39 is 17.5 Å². The molecular formula is C36H45FN6O4. The lowest BCUT2D eigenvalue weighted by atomic mass is 9.99. The molecule has 0 spiro atoms. The molecule has 2 N–H and O–H groups in total. The minimum atomic E-state index is -0.615. The van der Waals surface area contributed by atoms with Crippen molar-refractivity contribution in [2.45, 2.75) is 77.6 Å². The summed E-state index contributed by atoms with van der Waals surface area (Å²) in [5.41, 5.74) is 3.57. The van der Waals surface area contributed by atoms with Gasteiger partial charge in [0, 0.05) is 44.2 Å². The second-order valence-corrected chi connectivity index (χ2v) is 14.8. The number of para-hydroxylation sites is 1. The normalized spacial score (nSPS) is 22.2. The molecule has 2 fully saturated rings. The molecule has 1 aliphatic carbocycles. The Kier molecular flexibility index (Phi) is 7.73. The number of hydrogen-bond acceptors (Lipinski definition) is 6. The van der Waals surface area contributed by atoms with Gasteiger partial charge in [0.25, 0.3) is 5.91 Å². The Balaban J connectivity index is 1.23. The molecule has 1 saturated heterocycles. The number of amides is 2. The monoisotopic (exact) mass is 644 g/mol. The summed E-state index contributed by atoms with van der Waals surface area (Å²) in [4.78, 5) is 35.6. The zero-order valence-corrected chi connectivity index (χ0v) is 28.1. The highest BCUT2D eigenvalue weighted by molar-refractivity contribution is 6.00. The van der Waals surface area contributed by atoms with Crippen molar-refractivity contribution in [1.29, 1.82) is 0 Å². The van der Waals surface area contributed by atoms with Crippen LogP contribution in [-0.4, -0.2) is 80.1 Å². The van der Waals surface area contributed by atoms with Crippen molar-refractivity contribution in [2.24, 2.45) is 18.9 Å². The predicted octanol–water partition coefficient (Wildman–Crippen LogP) is 5.86. The molecule has 250 valence electrons. The van der Waals surface area contributed by atoms with Gasteiger partial charge in [-0.3, -0.25) is 4.79 Å². The van der Waals surface area contributed by atoms with Gasteiger partial charge in [0.05, 0.1) is 40.5 Å². The van der Waals surface area contributed by atoms with Gasteiger partial charge in [0.2, 0.25) is 0 Å². The molecule has 11 heteroatoms. The van der Waals surface area contributed by atoms with Gasteiger partial charge >= 0.3 is 6.09 Å². The van der Waals surface area contributed by atoms with Crippen molar-refractivity contribution in [3.63, 3.8) is 0 Å². The van der Waals surface area contributed by atoms with Crippen LogP contribution in [0, 0.1) is 17.7 Å². The smallest absolute Gasteiger partial charge is 0.407 e. The van der Waals surface area contributed by atoms with Crippen LogP contribution >= 0.6 is 0 Å². The van der Waals surface area contributed by atoms with E-state index in [9.17, 15) is 14.7 Å². The average Bonchev–Trinajstić information content (AvgIpc) is 3.76. The molecule has 3 aliphatic rings. The number of carbonyl (C=O) groups excluding carboxylic acids is 2. The topological polar surface area (TPSA) is 105 Å². The third-order valence-corrected chi connectivity index (χ3v) is 10.2. The minimum absolute atomic E-state index is 0.130. The number of aryl methyl sites for hydroxylation is 1. The molecule has 1 unspecified atom stereocenters. The van der Waals surface area contributed by atoms with Crippen molar-refractivity contribution in [3.05, 3.63) is 47.8 Å². The average molecular weight is 645 g/mol. The van der Waals surface area contributed by atoms with Gasteiger partial charge in [0.15, 0.2) is 5.82 Å². The lowest BCUT2D eigenvalue weighted by Crippen LogP contribution is -2.46. The highest BCUT2D eigenvalue weighted by atomic mass is 19.1. The van der Waals surface area contributed by atoms with E-state index in [0.717, 1.165) is 48.2 Å². The number of rotatable bonds is 7. The maximum Gasteiger partial charge on any atom is 0.407 e. The van der Waals surface area contributed by atoms with Crippen molar-refractivity contribution >= 4 is 39.6 Å². The highest BCUT2D eigenvalue weighted by Gasteiger charge is 2.50. The zero-order chi connectivity index (χ0) is 33.4. The third-order valence-electron chi connectivity index (χ3n) is 10.2. The Morgan fingerprint density at radius 2 is 1.91 bits per heavy atom. The van der Waals surface area contributed by atoms with Crippen LogP contribution in [0.4, 0.5) is 14.9 Å². The number of benzene rings is 2. The van der Waals surface area contributed by atoms with E-state index in [-0.39, 0.29) is 42.1 Å². The first-order valence-corrected chi connectivity index (χ1v) is 16.8. The van der Waals surface area contributed by atoms with E-state index >= 15 is 4.39 Å². The number of hydrogen-bond donors (Lipinski definition) is 2. The minimum Gasteiger partial charge on any atom is -0.444 e. The number of halogens is 1. The maximum atomic E-state index is 16.0. The first kappa shape index (κ1) is 31.5. The SMILES string of the molecule is CC(C)C1CN(CCCO)c2cccc3cc(-c4nc5cc(C(=O)N6C[C@H]7CC[C@@H]6[C@@H]7NC(=O)OC(C)(C)C)cc(F)c5n4C)n1c23. The zero-order valence-electron chi connectivity index (χ0n) is 28.1. The van der Waals surface area contributed by atoms with Gasteiger partial charge in [-0.1, -0.05) is 26.0 Å². The Morgan fingerprint density at radius 3 is 2.64 bits per heavy atom. The van der Waals surface area contributed by atoms with Crippen molar-refractivity contribution < 1.29 is 23.8 Å².